The number of anilines is 2. The molecule has 1 aromatic carbocycles. The van der Waals surface area contributed by atoms with Gasteiger partial charge < -0.3 is 15.7 Å². The maximum atomic E-state index is 11.3. The predicted molar refractivity (Wildman–Crippen MR) is 93.4 cm³/mol. The fourth-order valence-electron chi connectivity index (χ4n) is 2.78. The number of rotatable bonds is 8. The number of hydrogen-bond acceptors (Lipinski definition) is 3. The van der Waals surface area contributed by atoms with Gasteiger partial charge in [0.25, 0.3) is 0 Å². The molecule has 0 aromatic heterocycles. The minimum atomic E-state index is -0.795. The van der Waals surface area contributed by atoms with Crippen molar-refractivity contribution in [2.24, 2.45) is 11.8 Å². The SMILES string of the molecule is CCC(C(=O)O)c1ccc(N(CC(C)C)CC(C)C)c(N)c1. The number of carbonyl (C=O) groups is 1. The molecule has 0 saturated heterocycles. The summed E-state index contributed by atoms with van der Waals surface area (Å²) in [6.45, 7) is 12.5. The summed E-state index contributed by atoms with van der Waals surface area (Å²) < 4.78 is 0. The Labute approximate surface area is 134 Å². The van der Waals surface area contributed by atoms with E-state index in [1.165, 1.54) is 0 Å². The van der Waals surface area contributed by atoms with Crippen molar-refractivity contribution in [1.82, 2.24) is 0 Å². The third-order valence-electron chi connectivity index (χ3n) is 3.67. The third kappa shape index (κ3) is 4.93. The van der Waals surface area contributed by atoms with E-state index in [-0.39, 0.29) is 0 Å². The number of carboxylic acid groups (broad SMARTS) is 1. The van der Waals surface area contributed by atoms with Crippen LogP contribution in [0.5, 0.6) is 0 Å². The smallest absolute Gasteiger partial charge is 0.310 e. The average molecular weight is 306 g/mol. The second kappa shape index (κ2) is 8.06. The molecule has 4 nitrogen and oxygen atoms in total. The van der Waals surface area contributed by atoms with E-state index in [0.717, 1.165) is 24.3 Å². The largest absolute Gasteiger partial charge is 0.481 e. The minimum absolute atomic E-state index is 0.486. The summed E-state index contributed by atoms with van der Waals surface area (Å²) in [6, 6.07) is 5.70. The molecule has 124 valence electrons. The van der Waals surface area contributed by atoms with E-state index in [1.54, 1.807) is 0 Å². The van der Waals surface area contributed by atoms with Gasteiger partial charge in [0.2, 0.25) is 0 Å². The van der Waals surface area contributed by atoms with Crippen molar-refractivity contribution in [1.29, 1.82) is 0 Å². The Morgan fingerprint density at radius 1 is 1.18 bits per heavy atom. The van der Waals surface area contributed by atoms with Crippen molar-refractivity contribution in [3.63, 3.8) is 0 Å². The molecule has 4 heteroatoms. The van der Waals surface area contributed by atoms with Gasteiger partial charge in [-0.05, 0) is 36.0 Å². The van der Waals surface area contributed by atoms with Crippen LogP contribution >= 0.6 is 0 Å². The van der Waals surface area contributed by atoms with Crippen LogP contribution in [0.15, 0.2) is 18.2 Å². The van der Waals surface area contributed by atoms with Gasteiger partial charge >= 0.3 is 5.97 Å². The number of nitrogen functional groups attached to an aromatic ring is 1. The fraction of sp³-hybridized carbons (Fsp3) is 0.611. The molecule has 1 unspecified atom stereocenters. The minimum Gasteiger partial charge on any atom is -0.481 e. The van der Waals surface area contributed by atoms with Gasteiger partial charge in [0.1, 0.15) is 0 Å². The predicted octanol–water partition coefficient (Wildman–Crippen LogP) is 3.97. The molecule has 3 N–H and O–H groups in total. The van der Waals surface area contributed by atoms with Crippen LogP contribution in [-0.4, -0.2) is 24.2 Å². The Bertz CT molecular complexity index is 488. The summed E-state index contributed by atoms with van der Waals surface area (Å²) in [5.74, 6) is -0.198. The van der Waals surface area contributed by atoms with E-state index in [1.807, 2.05) is 25.1 Å². The lowest BCUT2D eigenvalue weighted by atomic mass is 9.95. The zero-order chi connectivity index (χ0) is 16.9. The zero-order valence-corrected chi connectivity index (χ0v) is 14.5. The maximum absolute atomic E-state index is 11.3. The van der Waals surface area contributed by atoms with Crippen molar-refractivity contribution in [3.8, 4) is 0 Å². The highest BCUT2D eigenvalue weighted by atomic mass is 16.4. The topological polar surface area (TPSA) is 66.6 Å². The fourth-order valence-corrected chi connectivity index (χ4v) is 2.78. The van der Waals surface area contributed by atoms with Gasteiger partial charge in [-0.15, -0.1) is 0 Å². The second-order valence-corrected chi connectivity index (χ2v) is 6.81. The summed E-state index contributed by atoms with van der Waals surface area (Å²) in [5, 5.41) is 9.28. The van der Waals surface area contributed by atoms with Gasteiger partial charge in [0, 0.05) is 13.1 Å². The summed E-state index contributed by atoms with van der Waals surface area (Å²) in [4.78, 5) is 13.6. The number of hydrogen-bond donors (Lipinski definition) is 2. The maximum Gasteiger partial charge on any atom is 0.310 e. The third-order valence-corrected chi connectivity index (χ3v) is 3.67. The summed E-state index contributed by atoms with van der Waals surface area (Å²) in [6.07, 6.45) is 0.565. The molecule has 1 rings (SSSR count). The lowest BCUT2D eigenvalue weighted by Crippen LogP contribution is -2.32. The van der Waals surface area contributed by atoms with Crippen LogP contribution in [0.3, 0.4) is 0 Å². The molecule has 0 aliphatic carbocycles. The van der Waals surface area contributed by atoms with E-state index in [9.17, 15) is 9.90 Å². The monoisotopic (exact) mass is 306 g/mol. The molecule has 0 spiro atoms. The number of aliphatic carboxylic acids is 1. The van der Waals surface area contributed by atoms with Gasteiger partial charge in [-0.2, -0.15) is 0 Å². The molecule has 0 amide bonds. The Morgan fingerprint density at radius 3 is 2.09 bits per heavy atom. The molecule has 22 heavy (non-hydrogen) atoms. The highest BCUT2D eigenvalue weighted by Crippen LogP contribution is 2.30. The first-order valence-electron chi connectivity index (χ1n) is 8.13. The molecule has 1 atom stereocenters. The van der Waals surface area contributed by atoms with Crippen LogP contribution < -0.4 is 10.6 Å². The Balaban J connectivity index is 3.10. The van der Waals surface area contributed by atoms with Crippen LogP contribution in [0.1, 0.15) is 52.5 Å². The Morgan fingerprint density at radius 2 is 1.73 bits per heavy atom. The van der Waals surface area contributed by atoms with Gasteiger partial charge in [-0.3, -0.25) is 4.79 Å². The van der Waals surface area contributed by atoms with Crippen LogP contribution in [0, 0.1) is 11.8 Å². The quantitative estimate of drug-likeness (QED) is 0.713. The first-order valence-corrected chi connectivity index (χ1v) is 8.13. The van der Waals surface area contributed by atoms with Crippen LogP contribution in [0.25, 0.3) is 0 Å². The summed E-state index contributed by atoms with van der Waals surface area (Å²) in [5.41, 5.74) is 8.69. The lowest BCUT2D eigenvalue weighted by molar-refractivity contribution is -0.138. The highest BCUT2D eigenvalue weighted by Gasteiger charge is 2.20. The Hall–Kier alpha value is -1.71. The number of nitrogens with two attached hydrogens (primary N) is 1. The van der Waals surface area contributed by atoms with Gasteiger partial charge in [0.15, 0.2) is 0 Å². The Kier molecular flexibility index (Phi) is 6.72. The number of carboxylic acids is 1. The summed E-state index contributed by atoms with van der Waals surface area (Å²) in [7, 11) is 0. The van der Waals surface area contributed by atoms with E-state index >= 15 is 0 Å². The van der Waals surface area contributed by atoms with Crippen molar-refractivity contribution < 1.29 is 9.90 Å². The van der Waals surface area contributed by atoms with E-state index in [2.05, 4.69) is 32.6 Å². The first-order chi connectivity index (χ1) is 10.3. The lowest BCUT2D eigenvalue weighted by Gasteiger charge is -2.30. The van der Waals surface area contributed by atoms with Crippen molar-refractivity contribution >= 4 is 17.3 Å². The molecule has 0 fully saturated rings. The first kappa shape index (κ1) is 18.3. The van der Waals surface area contributed by atoms with Crippen LogP contribution in [-0.2, 0) is 4.79 Å². The molecular formula is C18H30N2O2. The standard InChI is InChI=1S/C18H30N2O2/c1-6-15(18(21)22)14-7-8-17(16(19)9-14)20(10-12(2)3)11-13(4)5/h7-9,12-13,15H,6,10-11,19H2,1-5H3,(H,21,22). The molecular weight excluding hydrogens is 276 g/mol. The van der Waals surface area contributed by atoms with E-state index < -0.39 is 11.9 Å². The van der Waals surface area contributed by atoms with Crippen molar-refractivity contribution in [3.05, 3.63) is 23.8 Å². The molecule has 0 aliphatic heterocycles. The normalized spacial score (nSPS) is 12.7. The number of nitrogens with zero attached hydrogens (tertiary/aromatic N) is 1. The molecule has 0 bridgehead atoms. The molecule has 0 heterocycles. The van der Waals surface area contributed by atoms with Gasteiger partial charge in [-0.25, -0.2) is 0 Å². The molecule has 0 saturated carbocycles. The zero-order valence-electron chi connectivity index (χ0n) is 14.5. The van der Waals surface area contributed by atoms with Crippen LogP contribution in [0.2, 0.25) is 0 Å². The van der Waals surface area contributed by atoms with Gasteiger partial charge in [-0.1, -0.05) is 40.7 Å². The molecule has 1 aromatic rings. The molecule has 0 radical (unpaired) electrons. The van der Waals surface area contributed by atoms with Crippen LogP contribution in [0.4, 0.5) is 11.4 Å². The van der Waals surface area contributed by atoms with Gasteiger partial charge in [0.05, 0.1) is 17.3 Å². The average Bonchev–Trinajstić information content (AvgIpc) is 2.37. The number of benzene rings is 1. The van der Waals surface area contributed by atoms with E-state index in [4.69, 9.17) is 5.73 Å². The second-order valence-electron chi connectivity index (χ2n) is 6.81. The highest BCUT2D eigenvalue weighted by molar-refractivity contribution is 5.78. The summed E-state index contributed by atoms with van der Waals surface area (Å²) >= 11 is 0. The van der Waals surface area contributed by atoms with Crippen molar-refractivity contribution in [2.75, 3.05) is 23.7 Å². The van der Waals surface area contributed by atoms with Crippen molar-refractivity contribution in [2.45, 2.75) is 47.0 Å². The molecule has 0 aliphatic rings. The van der Waals surface area contributed by atoms with E-state index in [0.29, 0.717) is 23.9 Å².